The van der Waals surface area contributed by atoms with Gasteiger partial charge in [0.2, 0.25) is 0 Å². The molecule has 1 aliphatic rings. The van der Waals surface area contributed by atoms with Gasteiger partial charge in [-0.2, -0.15) is 5.21 Å². The second-order valence-electron chi connectivity index (χ2n) is 8.16. The molecule has 0 amide bonds. The van der Waals surface area contributed by atoms with Crippen molar-refractivity contribution in [3.8, 4) is 22.6 Å². The van der Waals surface area contributed by atoms with Crippen molar-refractivity contribution in [2.24, 2.45) is 0 Å². The number of fused-ring (bicyclic) bond motifs is 1. The van der Waals surface area contributed by atoms with Crippen molar-refractivity contribution in [1.82, 2.24) is 30.6 Å². The molecule has 168 valence electrons. The Kier molecular flexibility index (Phi) is 5.20. The van der Waals surface area contributed by atoms with E-state index in [1.165, 1.54) is 11.1 Å². The number of halogens is 1. The van der Waals surface area contributed by atoms with Gasteiger partial charge in [0.1, 0.15) is 5.82 Å². The lowest BCUT2D eigenvalue weighted by Crippen LogP contribution is -2.31. The molecule has 3 N–H and O–H groups in total. The molecule has 34 heavy (non-hydrogen) atoms. The third kappa shape index (κ3) is 3.88. The van der Waals surface area contributed by atoms with Crippen molar-refractivity contribution < 1.29 is 0 Å². The van der Waals surface area contributed by atoms with Crippen LogP contribution in [0.15, 0.2) is 72.9 Å². The SMILES string of the molecule is Clc1ccc(Nc2cccc3c2CCN(c2nn[nH]n2)C3)cc1-c1ncc(-c2ccccc2)[nH]1. The smallest absolute Gasteiger partial charge is 0.266 e. The molecule has 0 aliphatic carbocycles. The maximum atomic E-state index is 6.56. The molecule has 0 unspecified atom stereocenters. The van der Waals surface area contributed by atoms with Crippen LogP contribution in [0.4, 0.5) is 17.3 Å². The van der Waals surface area contributed by atoms with Crippen molar-refractivity contribution in [2.75, 3.05) is 16.8 Å². The van der Waals surface area contributed by atoms with E-state index < -0.39 is 0 Å². The number of hydrogen-bond donors (Lipinski definition) is 3. The van der Waals surface area contributed by atoms with E-state index in [2.05, 4.69) is 71.1 Å². The topological polar surface area (TPSA) is 98.4 Å². The minimum absolute atomic E-state index is 0.625. The second kappa shape index (κ2) is 8.64. The first-order chi connectivity index (χ1) is 16.7. The van der Waals surface area contributed by atoms with Crippen molar-refractivity contribution >= 4 is 28.9 Å². The number of nitrogens with one attached hydrogen (secondary N) is 3. The third-order valence-corrected chi connectivity index (χ3v) is 6.37. The van der Waals surface area contributed by atoms with Crippen LogP contribution in [-0.4, -0.2) is 37.1 Å². The fourth-order valence-electron chi connectivity index (χ4n) is 4.35. The summed E-state index contributed by atoms with van der Waals surface area (Å²) in [7, 11) is 0. The molecular weight excluding hydrogens is 448 g/mol. The van der Waals surface area contributed by atoms with E-state index in [1.54, 1.807) is 0 Å². The molecule has 1 aliphatic heterocycles. The van der Waals surface area contributed by atoms with Crippen LogP contribution in [0.3, 0.4) is 0 Å². The Balaban J connectivity index is 1.27. The number of tetrazole rings is 1. The van der Waals surface area contributed by atoms with Crippen molar-refractivity contribution in [3.05, 3.63) is 89.1 Å². The number of benzene rings is 3. The number of aromatic nitrogens is 6. The Morgan fingerprint density at radius 3 is 2.76 bits per heavy atom. The second-order valence-corrected chi connectivity index (χ2v) is 8.56. The van der Waals surface area contributed by atoms with E-state index in [1.807, 2.05) is 42.6 Å². The van der Waals surface area contributed by atoms with Crippen LogP contribution in [0.2, 0.25) is 5.02 Å². The zero-order chi connectivity index (χ0) is 22.9. The van der Waals surface area contributed by atoms with Gasteiger partial charge in [0.25, 0.3) is 5.95 Å². The lowest BCUT2D eigenvalue weighted by molar-refractivity contribution is 0.710. The zero-order valence-corrected chi connectivity index (χ0v) is 18.9. The molecule has 0 spiro atoms. The standard InChI is InChI=1S/C25H21ClN8/c26-21-10-9-18(13-20(21)24-27-14-23(29-24)16-5-2-1-3-6-16)28-22-8-4-7-17-15-34(12-11-19(17)22)25-30-32-33-31-25/h1-10,13-14,28H,11-12,15H2,(H,27,29)(H,30,31,32,33). The molecule has 0 bridgehead atoms. The summed E-state index contributed by atoms with van der Waals surface area (Å²) in [6.07, 6.45) is 2.72. The Morgan fingerprint density at radius 1 is 1.00 bits per heavy atom. The van der Waals surface area contributed by atoms with Gasteiger partial charge in [0.05, 0.1) is 16.9 Å². The van der Waals surface area contributed by atoms with E-state index in [0.29, 0.717) is 11.0 Å². The van der Waals surface area contributed by atoms with Crippen molar-refractivity contribution in [3.63, 3.8) is 0 Å². The highest BCUT2D eigenvalue weighted by atomic mass is 35.5. The molecule has 0 radical (unpaired) electrons. The third-order valence-electron chi connectivity index (χ3n) is 6.04. The highest BCUT2D eigenvalue weighted by Crippen LogP contribution is 2.34. The molecule has 8 nitrogen and oxygen atoms in total. The summed E-state index contributed by atoms with van der Waals surface area (Å²) in [6.45, 7) is 1.57. The fourth-order valence-corrected chi connectivity index (χ4v) is 4.56. The van der Waals surface area contributed by atoms with Crippen LogP contribution in [0, 0.1) is 0 Å². The van der Waals surface area contributed by atoms with Crippen molar-refractivity contribution in [2.45, 2.75) is 13.0 Å². The number of aromatic amines is 2. The monoisotopic (exact) mass is 468 g/mol. The van der Waals surface area contributed by atoms with Crippen LogP contribution in [0.5, 0.6) is 0 Å². The minimum Gasteiger partial charge on any atom is -0.355 e. The number of anilines is 3. The predicted octanol–water partition coefficient (Wildman–Crippen LogP) is 5.22. The highest BCUT2D eigenvalue weighted by molar-refractivity contribution is 6.33. The average Bonchev–Trinajstić information content (AvgIpc) is 3.59. The van der Waals surface area contributed by atoms with E-state index in [-0.39, 0.29) is 0 Å². The minimum atomic E-state index is 0.625. The first-order valence-electron chi connectivity index (χ1n) is 11.0. The van der Waals surface area contributed by atoms with E-state index in [4.69, 9.17) is 11.6 Å². The fraction of sp³-hybridized carbons (Fsp3) is 0.120. The number of rotatable bonds is 5. The molecule has 0 saturated heterocycles. The lowest BCUT2D eigenvalue weighted by Gasteiger charge is -2.29. The van der Waals surface area contributed by atoms with Crippen LogP contribution in [-0.2, 0) is 13.0 Å². The Labute approximate surface area is 201 Å². The summed E-state index contributed by atoms with van der Waals surface area (Å²) in [6, 6.07) is 22.4. The van der Waals surface area contributed by atoms with Gasteiger partial charge in [0, 0.05) is 30.0 Å². The maximum absolute atomic E-state index is 6.56. The summed E-state index contributed by atoms with van der Waals surface area (Å²) in [5.74, 6) is 1.36. The van der Waals surface area contributed by atoms with Crippen LogP contribution in [0.25, 0.3) is 22.6 Å². The quantitative estimate of drug-likeness (QED) is 0.327. The zero-order valence-electron chi connectivity index (χ0n) is 18.2. The van der Waals surface area contributed by atoms with Gasteiger partial charge in [-0.05, 0) is 52.6 Å². The molecule has 2 aromatic heterocycles. The summed E-state index contributed by atoms with van der Waals surface area (Å²) in [5, 5.41) is 18.7. The molecule has 0 fully saturated rings. The highest BCUT2D eigenvalue weighted by Gasteiger charge is 2.21. The number of H-pyrrole nitrogens is 2. The molecule has 0 saturated carbocycles. The van der Waals surface area contributed by atoms with E-state index >= 15 is 0 Å². The van der Waals surface area contributed by atoms with Gasteiger partial charge in [0.15, 0.2) is 0 Å². The Hall–Kier alpha value is -4.17. The van der Waals surface area contributed by atoms with Gasteiger partial charge in [-0.1, -0.05) is 59.2 Å². The largest absolute Gasteiger partial charge is 0.355 e. The molecular formula is C25H21ClN8. The summed E-state index contributed by atoms with van der Waals surface area (Å²) in [5.41, 5.74) is 7.46. The Morgan fingerprint density at radius 2 is 1.91 bits per heavy atom. The molecule has 0 atom stereocenters. The summed E-state index contributed by atoms with van der Waals surface area (Å²) < 4.78 is 0. The molecule has 6 rings (SSSR count). The van der Waals surface area contributed by atoms with E-state index in [9.17, 15) is 0 Å². The number of imidazole rings is 1. The maximum Gasteiger partial charge on any atom is 0.266 e. The van der Waals surface area contributed by atoms with Gasteiger partial charge in [-0.3, -0.25) is 0 Å². The Bertz CT molecular complexity index is 1430. The summed E-state index contributed by atoms with van der Waals surface area (Å²) in [4.78, 5) is 10.1. The lowest BCUT2D eigenvalue weighted by atomic mass is 9.97. The van der Waals surface area contributed by atoms with Gasteiger partial charge in [-0.15, -0.1) is 5.10 Å². The molecule has 3 heterocycles. The van der Waals surface area contributed by atoms with Crippen LogP contribution < -0.4 is 10.2 Å². The van der Waals surface area contributed by atoms with Crippen LogP contribution in [0.1, 0.15) is 11.1 Å². The molecule has 9 heteroatoms. The first kappa shape index (κ1) is 20.4. The first-order valence-corrected chi connectivity index (χ1v) is 11.4. The molecule has 3 aromatic carbocycles. The van der Waals surface area contributed by atoms with Gasteiger partial charge < -0.3 is 15.2 Å². The predicted molar refractivity (Wildman–Crippen MR) is 133 cm³/mol. The van der Waals surface area contributed by atoms with Gasteiger partial charge >= 0.3 is 0 Å². The van der Waals surface area contributed by atoms with E-state index in [0.717, 1.165) is 53.5 Å². The molecule has 5 aromatic rings. The normalized spacial score (nSPS) is 13.0. The number of nitrogens with zero attached hydrogens (tertiary/aromatic N) is 5. The average molecular weight is 469 g/mol. The van der Waals surface area contributed by atoms with Crippen LogP contribution >= 0.6 is 11.6 Å². The summed E-state index contributed by atoms with van der Waals surface area (Å²) >= 11 is 6.56. The van der Waals surface area contributed by atoms with Crippen molar-refractivity contribution in [1.29, 1.82) is 0 Å². The number of hydrogen-bond acceptors (Lipinski definition) is 6. The van der Waals surface area contributed by atoms with Gasteiger partial charge in [-0.25, -0.2) is 4.98 Å².